The second-order valence-corrected chi connectivity index (χ2v) is 6.59. The largest absolute Gasteiger partial charge is 0.396 e. The molecule has 1 atom stereocenters. The van der Waals surface area contributed by atoms with Crippen molar-refractivity contribution in [3.8, 4) is 0 Å². The Morgan fingerprint density at radius 2 is 2.04 bits per heavy atom. The summed E-state index contributed by atoms with van der Waals surface area (Å²) in [5, 5.41) is 14.9. The molecule has 3 rings (SSSR count). The highest BCUT2D eigenvalue weighted by Crippen LogP contribution is 2.21. The highest BCUT2D eigenvalue weighted by atomic mass is 16.3. The second-order valence-electron chi connectivity index (χ2n) is 6.59. The molecule has 2 N–H and O–H groups in total. The molecule has 1 aliphatic rings. The van der Waals surface area contributed by atoms with Crippen LogP contribution < -0.4 is 5.32 Å². The number of nitrogens with zero attached hydrogens (tertiary/aromatic N) is 1. The predicted octanol–water partition coefficient (Wildman–Crippen LogP) is 2.55. The summed E-state index contributed by atoms with van der Waals surface area (Å²) in [6, 6.07) is 14.5. The number of hydrogen-bond acceptors (Lipinski definition) is 3. The number of carbonyl (C=O) groups excluding carboxylic acids is 1. The van der Waals surface area contributed by atoms with Gasteiger partial charge in [0.1, 0.15) is 0 Å². The Hall–Kier alpha value is -1.91. The molecule has 2 aromatic carbocycles. The zero-order valence-corrected chi connectivity index (χ0v) is 14.1. The van der Waals surface area contributed by atoms with Gasteiger partial charge in [0.25, 0.3) is 0 Å². The molecule has 0 aliphatic carbocycles. The predicted molar refractivity (Wildman–Crippen MR) is 96.7 cm³/mol. The van der Waals surface area contributed by atoms with Crippen LogP contribution in [-0.2, 0) is 11.3 Å². The molecule has 0 aromatic heterocycles. The van der Waals surface area contributed by atoms with Gasteiger partial charge in [0.05, 0.1) is 0 Å². The van der Waals surface area contributed by atoms with Crippen molar-refractivity contribution in [2.24, 2.45) is 5.92 Å². The van der Waals surface area contributed by atoms with Gasteiger partial charge in [-0.2, -0.15) is 0 Å². The van der Waals surface area contributed by atoms with Gasteiger partial charge in [-0.15, -0.1) is 0 Å². The molecule has 1 amide bonds. The molecule has 0 radical (unpaired) electrons. The average Bonchev–Trinajstić information content (AvgIpc) is 3.11. The van der Waals surface area contributed by atoms with Crippen molar-refractivity contribution < 1.29 is 9.90 Å². The van der Waals surface area contributed by atoms with Gasteiger partial charge in [-0.05, 0) is 48.2 Å². The molecule has 2 aromatic rings. The van der Waals surface area contributed by atoms with Gasteiger partial charge in [0.15, 0.2) is 0 Å². The monoisotopic (exact) mass is 326 g/mol. The molecule has 128 valence electrons. The van der Waals surface area contributed by atoms with Crippen molar-refractivity contribution in [2.45, 2.75) is 25.8 Å². The van der Waals surface area contributed by atoms with Crippen LogP contribution in [0.4, 0.5) is 0 Å². The maximum absolute atomic E-state index is 12.8. The number of hydrogen-bond donors (Lipinski definition) is 2. The average molecular weight is 326 g/mol. The van der Waals surface area contributed by atoms with E-state index in [0.717, 1.165) is 19.5 Å². The third-order valence-electron chi connectivity index (χ3n) is 4.81. The highest BCUT2D eigenvalue weighted by molar-refractivity contribution is 5.86. The van der Waals surface area contributed by atoms with Gasteiger partial charge in [-0.1, -0.05) is 42.5 Å². The smallest absolute Gasteiger partial charge is 0.223 e. The van der Waals surface area contributed by atoms with E-state index in [1.165, 1.54) is 16.3 Å². The Labute approximate surface area is 143 Å². The van der Waals surface area contributed by atoms with Gasteiger partial charge >= 0.3 is 0 Å². The zero-order valence-electron chi connectivity index (χ0n) is 14.1. The summed E-state index contributed by atoms with van der Waals surface area (Å²) in [5.74, 6) is 0.645. The molecular weight excluding hydrogens is 300 g/mol. The van der Waals surface area contributed by atoms with Gasteiger partial charge in [0.2, 0.25) is 5.91 Å². The summed E-state index contributed by atoms with van der Waals surface area (Å²) >= 11 is 0. The third-order valence-corrected chi connectivity index (χ3v) is 4.81. The Morgan fingerprint density at radius 1 is 1.21 bits per heavy atom. The van der Waals surface area contributed by atoms with Crippen LogP contribution >= 0.6 is 0 Å². The fourth-order valence-corrected chi connectivity index (χ4v) is 3.45. The summed E-state index contributed by atoms with van der Waals surface area (Å²) in [7, 11) is 0. The summed E-state index contributed by atoms with van der Waals surface area (Å²) in [6.07, 6.45) is 2.30. The lowest BCUT2D eigenvalue weighted by molar-refractivity contribution is -0.132. The van der Waals surface area contributed by atoms with Crippen molar-refractivity contribution in [2.75, 3.05) is 26.2 Å². The van der Waals surface area contributed by atoms with Gasteiger partial charge in [-0.25, -0.2) is 0 Å². The minimum Gasteiger partial charge on any atom is -0.396 e. The third kappa shape index (κ3) is 4.13. The van der Waals surface area contributed by atoms with Crippen LogP contribution in [0.15, 0.2) is 42.5 Å². The van der Waals surface area contributed by atoms with Crippen molar-refractivity contribution in [1.29, 1.82) is 0 Å². The molecule has 4 nitrogen and oxygen atoms in total. The molecular formula is C20H26N2O2. The van der Waals surface area contributed by atoms with Crippen LogP contribution in [0.3, 0.4) is 0 Å². The molecule has 1 saturated heterocycles. The Morgan fingerprint density at radius 3 is 2.83 bits per heavy atom. The summed E-state index contributed by atoms with van der Waals surface area (Å²) in [4.78, 5) is 14.7. The number of amides is 1. The highest BCUT2D eigenvalue weighted by Gasteiger charge is 2.22. The lowest BCUT2D eigenvalue weighted by Gasteiger charge is -2.24. The molecule has 0 bridgehead atoms. The van der Waals surface area contributed by atoms with Crippen molar-refractivity contribution in [1.82, 2.24) is 10.2 Å². The van der Waals surface area contributed by atoms with E-state index in [9.17, 15) is 9.90 Å². The van der Waals surface area contributed by atoms with E-state index in [-0.39, 0.29) is 12.5 Å². The van der Waals surface area contributed by atoms with Crippen molar-refractivity contribution in [3.63, 3.8) is 0 Å². The SMILES string of the molecule is O=C(C[C@@H]1CCNC1)N(CCCO)Cc1cccc2ccccc12. The lowest BCUT2D eigenvalue weighted by atomic mass is 10.0. The zero-order chi connectivity index (χ0) is 16.8. The summed E-state index contributed by atoms with van der Waals surface area (Å²) < 4.78 is 0. The number of aliphatic hydroxyl groups is 1. The maximum atomic E-state index is 12.8. The van der Waals surface area contributed by atoms with Crippen LogP contribution in [0.5, 0.6) is 0 Å². The molecule has 4 heteroatoms. The van der Waals surface area contributed by atoms with Gasteiger partial charge in [0, 0.05) is 26.1 Å². The Balaban J connectivity index is 1.76. The van der Waals surface area contributed by atoms with Crippen LogP contribution in [0.2, 0.25) is 0 Å². The topological polar surface area (TPSA) is 52.6 Å². The number of carbonyl (C=O) groups is 1. The van der Waals surface area contributed by atoms with Crippen LogP contribution in [0.1, 0.15) is 24.8 Å². The fourth-order valence-electron chi connectivity index (χ4n) is 3.45. The molecule has 1 heterocycles. The standard InChI is InChI=1S/C20H26N2O2/c23-12-4-11-22(20(24)13-16-9-10-21-14-16)15-18-7-3-6-17-5-1-2-8-19(17)18/h1-3,5-8,16,21,23H,4,9-15H2/t16-/m0/s1. The van der Waals surface area contributed by atoms with Gasteiger partial charge < -0.3 is 15.3 Å². The first kappa shape index (κ1) is 16.9. The maximum Gasteiger partial charge on any atom is 0.223 e. The van der Waals surface area contributed by atoms with Gasteiger partial charge in [-0.3, -0.25) is 4.79 Å². The van der Waals surface area contributed by atoms with E-state index in [0.29, 0.717) is 31.8 Å². The Kier molecular flexibility index (Phi) is 5.83. The number of fused-ring (bicyclic) bond motifs is 1. The van der Waals surface area contributed by atoms with Crippen LogP contribution in [0, 0.1) is 5.92 Å². The lowest BCUT2D eigenvalue weighted by Crippen LogP contribution is -2.33. The molecule has 0 unspecified atom stereocenters. The van der Waals surface area contributed by atoms with Crippen LogP contribution in [-0.4, -0.2) is 42.2 Å². The van der Waals surface area contributed by atoms with E-state index in [1.807, 2.05) is 23.1 Å². The minimum atomic E-state index is 0.115. The minimum absolute atomic E-state index is 0.115. The molecule has 0 spiro atoms. The molecule has 1 aliphatic heterocycles. The second kappa shape index (κ2) is 8.27. The Bertz CT molecular complexity index is 675. The number of aliphatic hydroxyl groups excluding tert-OH is 1. The van der Waals surface area contributed by atoms with Crippen molar-refractivity contribution >= 4 is 16.7 Å². The van der Waals surface area contributed by atoms with E-state index in [2.05, 4.69) is 29.6 Å². The van der Waals surface area contributed by atoms with E-state index in [4.69, 9.17) is 0 Å². The molecule has 0 saturated carbocycles. The van der Waals surface area contributed by atoms with E-state index in [1.54, 1.807) is 0 Å². The van der Waals surface area contributed by atoms with Crippen LogP contribution in [0.25, 0.3) is 10.8 Å². The first-order valence-electron chi connectivity index (χ1n) is 8.84. The quantitative estimate of drug-likeness (QED) is 0.822. The van der Waals surface area contributed by atoms with Crippen molar-refractivity contribution in [3.05, 3.63) is 48.0 Å². The summed E-state index contributed by atoms with van der Waals surface area (Å²) in [6.45, 7) is 3.29. The first-order valence-corrected chi connectivity index (χ1v) is 8.84. The number of rotatable bonds is 7. The molecule has 1 fully saturated rings. The summed E-state index contributed by atoms with van der Waals surface area (Å²) in [5.41, 5.74) is 1.17. The molecule has 24 heavy (non-hydrogen) atoms. The normalized spacial score (nSPS) is 17.3. The number of benzene rings is 2. The van der Waals surface area contributed by atoms with E-state index >= 15 is 0 Å². The fraction of sp³-hybridized carbons (Fsp3) is 0.450. The first-order chi connectivity index (χ1) is 11.8. The number of nitrogens with one attached hydrogen (secondary N) is 1. The van der Waals surface area contributed by atoms with E-state index < -0.39 is 0 Å².